The summed E-state index contributed by atoms with van der Waals surface area (Å²) in [5.74, 6) is 1.63. The fraction of sp³-hybridized carbons (Fsp3) is 0.452. The molecule has 0 spiro atoms. The van der Waals surface area contributed by atoms with Crippen molar-refractivity contribution in [1.29, 1.82) is 0 Å². The number of fused-ring (bicyclic) bond motifs is 4. The van der Waals surface area contributed by atoms with Crippen LogP contribution in [-0.4, -0.2) is 20.9 Å². The van der Waals surface area contributed by atoms with Crippen LogP contribution in [0.25, 0.3) is 44.1 Å². The van der Waals surface area contributed by atoms with E-state index in [1.54, 1.807) is 12.4 Å². The maximum absolute atomic E-state index is 12.3. The number of allylic oxidation sites excluding steroid dienone is 2. The van der Waals surface area contributed by atoms with E-state index in [2.05, 4.69) is 110 Å². The molecule has 3 aromatic carbocycles. The summed E-state index contributed by atoms with van der Waals surface area (Å²) < 4.78 is 14.6. The molecule has 5 aromatic rings. The number of carbonyl (C=O) groups is 1. The summed E-state index contributed by atoms with van der Waals surface area (Å²) in [6, 6.07) is 19.8. The molecule has 0 unspecified atom stereocenters. The topological polar surface area (TPSA) is 76.2 Å². The predicted molar refractivity (Wildman–Crippen MR) is 196 cm³/mol. The Morgan fingerprint density at radius 1 is 0.917 bits per heavy atom. The summed E-state index contributed by atoms with van der Waals surface area (Å²) in [5, 5.41) is 13.0. The van der Waals surface area contributed by atoms with Crippen LogP contribution in [0.4, 0.5) is 0 Å². The van der Waals surface area contributed by atoms with E-state index in [4.69, 9.17) is 5.79 Å². The molecule has 0 aliphatic carbocycles. The van der Waals surface area contributed by atoms with Crippen LogP contribution < -0.4 is 0 Å². The largest absolute Gasteiger partial charge is 0.512 e. The summed E-state index contributed by atoms with van der Waals surface area (Å²) in [6.07, 6.45) is 4.01. The van der Waals surface area contributed by atoms with E-state index >= 15 is 0 Å². The van der Waals surface area contributed by atoms with Crippen LogP contribution in [0.1, 0.15) is 83.1 Å². The quantitative estimate of drug-likeness (QED) is 0.0910. The van der Waals surface area contributed by atoms with E-state index in [1.165, 1.54) is 11.6 Å². The van der Waals surface area contributed by atoms with Crippen LogP contribution >= 0.6 is 0 Å². The molecule has 0 aliphatic rings. The molecular formula is C42H53IrN2O3-. The first kappa shape index (κ1) is 37.5. The molecule has 0 aliphatic heterocycles. The molecule has 5 rings (SSSR count). The fourth-order valence-corrected chi connectivity index (χ4v) is 6.93. The van der Waals surface area contributed by atoms with Crippen LogP contribution in [0, 0.1) is 47.0 Å². The van der Waals surface area contributed by atoms with E-state index in [-0.39, 0.29) is 48.9 Å². The Bertz CT molecular complexity index is 1900. The van der Waals surface area contributed by atoms with Gasteiger partial charge < -0.3 is 9.52 Å². The van der Waals surface area contributed by atoms with E-state index in [1.807, 2.05) is 24.3 Å². The molecule has 259 valence electrons. The number of aliphatic hydroxyl groups is 1. The van der Waals surface area contributed by atoms with Gasteiger partial charge in [0.05, 0.1) is 11.5 Å². The minimum Gasteiger partial charge on any atom is -0.512 e. The Morgan fingerprint density at radius 3 is 2.15 bits per heavy atom. The zero-order chi connectivity index (χ0) is 35.5. The first-order valence-electron chi connectivity index (χ1n) is 17.5. The molecule has 48 heavy (non-hydrogen) atoms. The van der Waals surface area contributed by atoms with Gasteiger partial charge in [0.1, 0.15) is 23.0 Å². The van der Waals surface area contributed by atoms with Gasteiger partial charge in [-0.25, -0.2) is 4.98 Å². The standard InChI is InChI=1S/C25H21N2O.C17H32O2.Ir/c1-25(2,3)14-16-8-11-20-21(12-16)28-24-22(26-15-27-23(20)24)19-10-9-17-6-4-5-7-18(17)13-19;1-10(2)16(11(3)4)14(18)9-15(19)17(12(5)6)13(7)8;/h4-12,15H,14H2,1-3H3;9-13,16-18H,1-8H3;/q-1;;/b;14-9-;/i9D;;. The van der Waals surface area contributed by atoms with Crippen molar-refractivity contribution in [3.8, 4) is 11.3 Å². The zero-order valence-corrected chi connectivity index (χ0v) is 32.8. The smallest absolute Gasteiger partial charge is 0.162 e. The average molecular weight is 827 g/mol. The molecule has 0 bridgehead atoms. The van der Waals surface area contributed by atoms with Crippen molar-refractivity contribution in [2.45, 2.75) is 82.6 Å². The summed E-state index contributed by atoms with van der Waals surface area (Å²) in [7, 11) is 0. The Hall–Kier alpha value is -3.34. The molecule has 5 nitrogen and oxygen atoms in total. The van der Waals surface area contributed by atoms with E-state index in [0.717, 1.165) is 39.2 Å². The number of aliphatic hydroxyl groups excluding tert-OH is 1. The average Bonchev–Trinajstić information content (AvgIpc) is 3.33. The first-order valence-corrected chi connectivity index (χ1v) is 17.0. The second-order valence-electron chi connectivity index (χ2n) is 15.4. The van der Waals surface area contributed by atoms with Crippen molar-refractivity contribution in [2.75, 3.05) is 0 Å². The molecule has 0 fully saturated rings. The van der Waals surface area contributed by atoms with E-state index < -0.39 is 0 Å². The van der Waals surface area contributed by atoms with Gasteiger partial charge in [-0.1, -0.05) is 111 Å². The van der Waals surface area contributed by atoms with Crippen molar-refractivity contribution in [3.05, 3.63) is 84.4 Å². The maximum Gasteiger partial charge on any atom is 0.162 e. The molecule has 1 radical (unpaired) electrons. The number of nitrogens with zero attached hydrogens (tertiary/aromatic N) is 2. The summed E-state index contributed by atoms with van der Waals surface area (Å²) in [4.78, 5) is 21.3. The SMILES string of the molecule is CC(C)C(C(=O)/C=C(\O)C(C(C)C)C(C)C)C(C)C.[2H]c1cc(-c2ncnc3c2oc2cc(CC(C)(C)C)ccc23)[c-]c2ccccc12.[Ir]. The molecule has 2 heterocycles. The van der Waals surface area contributed by atoms with Gasteiger partial charge in [-0.2, -0.15) is 0 Å². The fourth-order valence-electron chi connectivity index (χ4n) is 6.93. The number of ketones is 1. The van der Waals surface area contributed by atoms with Gasteiger partial charge >= 0.3 is 0 Å². The number of benzene rings is 3. The van der Waals surface area contributed by atoms with Gasteiger partial charge in [0.15, 0.2) is 5.78 Å². The third-order valence-corrected chi connectivity index (χ3v) is 8.71. The number of rotatable bonds is 9. The molecule has 1 N–H and O–H groups in total. The molecule has 0 atom stereocenters. The van der Waals surface area contributed by atoms with E-state index in [9.17, 15) is 9.90 Å². The van der Waals surface area contributed by atoms with Crippen molar-refractivity contribution in [3.63, 3.8) is 0 Å². The van der Waals surface area contributed by atoms with Crippen LogP contribution in [0.3, 0.4) is 0 Å². The number of aromatic nitrogens is 2. The Balaban J connectivity index is 0.000000287. The van der Waals surface area contributed by atoms with E-state index in [0.29, 0.717) is 41.0 Å². The number of hydrogen-bond acceptors (Lipinski definition) is 5. The number of furan rings is 1. The molecule has 2 aromatic heterocycles. The molecule has 6 heteroatoms. The van der Waals surface area contributed by atoms with Gasteiger partial charge in [0.25, 0.3) is 0 Å². The Kier molecular flexibility index (Phi) is 12.8. The van der Waals surface area contributed by atoms with Crippen molar-refractivity contribution < 1.29 is 35.8 Å². The molecule has 0 saturated carbocycles. The third-order valence-electron chi connectivity index (χ3n) is 8.71. The van der Waals surface area contributed by atoms with Gasteiger partial charge in [0.2, 0.25) is 0 Å². The number of hydrogen-bond donors (Lipinski definition) is 1. The number of carbonyl (C=O) groups excluding carboxylic acids is 1. The Morgan fingerprint density at radius 2 is 1.54 bits per heavy atom. The molecule has 0 saturated heterocycles. The van der Waals surface area contributed by atoms with Gasteiger partial charge in [-0.3, -0.25) is 9.78 Å². The van der Waals surface area contributed by atoms with Crippen molar-refractivity contribution in [2.24, 2.45) is 40.9 Å². The second kappa shape index (κ2) is 16.4. The minimum absolute atomic E-state index is 0. The van der Waals surface area contributed by atoms with Crippen LogP contribution in [0.5, 0.6) is 0 Å². The van der Waals surface area contributed by atoms with Crippen LogP contribution in [0.2, 0.25) is 0 Å². The summed E-state index contributed by atoms with van der Waals surface area (Å²) >= 11 is 0. The molecule has 0 amide bonds. The van der Waals surface area contributed by atoms with Crippen molar-refractivity contribution >= 4 is 38.6 Å². The zero-order valence-electron chi connectivity index (χ0n) is 31.4. The third kappa shape index (κ3) is 9.42. The maximum atomic E-state index is 12.3. The predicted octanol–water partition coefficient (Wildman–Crippen LogP) is 11.4. The normalized spacial score (nSPS) is 12.9. The van der Waals surface area contributed by atoms with Gasteiger partial charge in [-0.15, -0.1) is 29.6 Å². The monoisotopic (exact) mass is 827 g/mol. The van der Waals surface area contributed by atoms with Crippen LogP contribution in [-0.2, 0) is 31.3 Å². The van der Waals surface area contributed by atoms with Gasteiger partial charge in [0, 0.05) is 44.8 Å². The summed E-state index contributed by atoms with van der Waals surface area (Å²) in [6.45, 7) is 23.3. The van der Waals surface area contributed by atoms with Gasteiger partial charge in [-0.05, 0) is 53.2 Å². The Labute approximate surface area is 302 Å². The second-order valence-corrected chi connectivity index (χ2v) is 15.4. The minimum atomic E-state index is -0.0119. The van der Waals surface area contributed by atoms with Crippen LogP contribution in [0.15, 0.2) is 77.2 Å². The van der Waals surface area contributed by atoms with Crippen molar-refractivity contribution in [1.82, 2.24) is 9.97 Å². The summed E-state index contributed by atoms with van der Waals surface area (Å²) in [5.41, 5.74) is 5.11. The first-order chi connectivity index (χ1) is 22.5. The molecular weight excluding hydrogens is 773 g/mol.